The van der Waals surface area contributed by atoms with Gasteiger partial charge in [-0.1, -0.05) is 26.3 Å². The number of hydrogen-bond donors (Lipinski definition) is 1. The minimum atomic E-state index is 0.537. The molecule has 0 amide bonds. The van der Waals surface area contributed by atoms with Crippen LogP contribution >= 0.6 is 0 Å². The number of nitrogens with zero attached hydrogens (tertiary/aromatic N) is 1. The fraction of sp³-hybridized carbons (Fsp3) is 0.562. The molecule has 0 bridgehead atoms. The van der Waals surface area contributed by atoms with E-state index in [9.17, 15) is 0 Å². The van der Waals surface area contributed by atoms with Crippen molar-refractivity contribution in [3.05, 3.63) is 34.9 Å². The average Bonchev–Trinajstić information content (AvgIpc) is 2.36. The monoisotopic (exact) mass is 244 g/mol. The third-order valence-corrected chi connectivity index (χ3v) is 3.57. The van der Waals surface area contributed by atoms with Crippen molar-refractivity contribution in [1.29, 1.82) is 5.26 Å². The van der Waals surface area contributed by atoms with Gasteiger partial charge in [0.05, 0.1) is 11.6 Å². The summed E-state index contributed by atoms with van der Waals surface area (Å²) < 4.78 is 0. The summed E-state index contributed by atoms with van der Waals surface area (Å²) in [5.74, 6) is 0.773. The first-order valence-corrected chi connectivity index (χ1v) is 6.79. The van der Waals surface area contributed by atoms with Crippen LogP contribution in [0.1, 0.15) is 50.3 Å². The summed E-state index contributed by atoms with van der Waals surface area (Å²) in [6.07, 6.45) is 2.45. The van der Waals surface area contributed by atoms with E-state index >= 15 is 0 Å². The quantitative estimate of drug-likeness (QED) is 0.826. The predicted molar refractivity (Wildman–Crippen MR) is 76.3 cm³/mol. The fourth-order valence-corrected chi connectivity index (χ4v) is 2.10. The van der Waals surface area contributed by atoms with Crippen LogP contribution in [-0.4, -0.2) is 6.04 Å². The van der Waals surface area contributed by atoms with E-state index in [1.165, 1.54) is 24.0 Å². The summed E-state index contributed by atoms with van der Waals surface area (Å²) in [5.41, 5.74) is 3.21. The van der Waals surface area contributed by atoms with Crippen molar-refractivity contribution in [2.24, 2.45) is 5.92 Å². The van der Waals surface area contributed by atoms with Gasteiger partial charge in [0, 0.05) is 12.6 Å². The maximum atomic E-state index is 8.83. The highest BCUT2D eigenvalue weighted by Crippen LogP contribution is 2.13. The Labute approximate surface area is 111 Å². The highest BCUT2D eigenvalue weighted by Gasteiger charge is 2.07. The van der Waals surface area contributed by atoms with Crippen LogP contribution in [0.15, 0.2) is 18.2 Å². The smallest absolute Gasteiger partial charge is 0.0991 e. The molecule has 2 atom stereocenters. The molecule has 1 aromatic carbocycles. The molecule has 0 aromatic heterocycles. The molecule has 1 rings (SSSR count). The maximum absolute atomic E-state index is 8.83. The van der Waals surface area contributed by atoms with Gasteiger partial charge in [-0.15, -0.1) is 0 Å². The van der Waals surface area contributed by atoms with Crippen molar-refractivity contribution in [1.82, 2.24) is 5.32 Å². The molecule has 0 aliphatic rings. The Morgan fingerprint density at radius 1 is 1.33 bits per heavy atom. The number of nitriles is 1. The van der Waals surface area contributed by atoms with Gasteiger partial charge in [0.15, 0.2) is 0 Å². The van der Waals surface area contributed by atoms with Crippen LogP contribution in [0, 0.1) is 24.2 Å². The molecule has 0 fully saturated rings. The molecule has 2 unspecified atom stereocenters. The highest BCUT2D eigenvalue weighted by atomic mass is 14.9. The van der Waals surface area contributed by atoms with Gasteiger partial charge in [-0.2, -0.15) is 5.26 Å². The Balaban J connectivity index is 2.51. The molecule has 0 spiro atoms. The van der Waals surface area contributed by atoms with Gasteiger partial charge in [0.25, 0.3) is 0 Å². The van der Waals surface area contributed by atoms with E-state index in [4.69, 9.17) is 5.26 Å². The summed E-state index contributed by atoms with van der Waals surface area (Å²) in [5, 5.41) is 12.4. The second-order valence-corrected chi connectivity index (χ2v) is 5.28. The molecule has 18 heavy (non-hydrogen) atoms. The van der Waals surface area contributed by atoms with Crippen LogP contribution in [0.3, 0.4) is 0 Å². The van der Waals surface area contributed by atoms with Crippen molar-refractivity contribution in [3.8, 4) is 6.07 Å². The van der Waals surface area contributed by atoms with Crippen molar-refractivity contribution in [2.75, 3.05) is 0 Å². The maximum Gasteiger partial charge on any atom is 0.0991 e. The molecule has 1 aromatic rings. The number of aryl methyl sites for hydroxylation is 1. The highest BCUT2D eigenvalue weighted by molar-refractivity contribution is 5.37. The van der Waals surface area contributed by atoms with E-state index in [1.807, 2.05) is 12.1 Å². The van der Waals surface area contributed by atoms with Crippen molar-refractivity contribution in [2.45, 2.75) is 53.1 Å². The van der Waals surface area contributed by atoms with Crippen molar-refractivity contribution >= 4 is 0 Å². The molecule has 0 aliphatic carbocycles. The Morgan fingerprint density at radius 3 is 2.61 bits per heavy atom. The van der Waals surface area contributed by atoms with E-state index in [0.717, 1.165) is 18.0 Å². The SMILES string of the molecule is CCC(C)CC(C)NCc1ccc(C#N)cc1C. The molecule has 0 aliphatic heterocycles. The molecule has 0 radical (unpaired) electrons. The van der Waals surface area contributed by atoms with E-state index in [1.54, 1.807) is 0 Å². The van der Waals surface area contributed by atoms with Crippen LogP contribution in [0.5, 0.6) is 0 Å². The Morgan fingerprint density at radius 2 is 2.06 bits per heavy atom. The number of hydrogen-bond acceptors (Lipinski definition) is 2. The van der Waals surface area contributed by atoms with Gasteiger partial charge in [-0.25, -0.2) is 0 Å². The third kappa shape index (κ3) is 4.50. The van der Waals surface area contributed by atoms with Gasteiger partial charge in [0.2, 0.25) is 0 Å². The van der Waals surface area contributed by atoms with Crippen LogP contribution in [0.2, 0.25) is 0 Å². The molecule has 0 saturated heterocycles. The zero-order chi connectivity index (χ0) is 13.5. The van der Waals surface area contributed by atoms with Gasteiger partial charge >= 0.3 is 0 Å². The van der Waals surface area contributed by atoms with Crippen molar-refractivity contribution in [3.63, 3.8) is 0 Å². The standard InChI is InChI=1S/C16H24N2/c1-5-12(2)8-14(4)18-11-16-7-6-15(10-17)9-13(16)3/h6-7,9,12,14,18H,5,8,11H2,1-4H3. The predicted octanol–water partition coefficient (Wildman–Crippen LogP) is 3.78. The first-order valence-electron chi connectivity index (χ1n) is 6.79. The van der Waals surface area contributed by atoms with E-state index in [2.05, 4.69) is 45.1 Å². The molecular weight excluding hydrogens is 220 g/mol. The van der Waals surface area contributed by atoms with E-state index in [-0.39, 0.29) is 0 Å². The molecule has 98 valence electrons. The van der Waals surface area contributed by atoms with Crippen LogP contribution in [0.25, 0.3) is 0 Å². The van der Waals surface area contributed by atoms with Gasteiger partial charge in [-0.3, -0.25) is 0 Å². The van der Waals surface area contributed by atoms with Crippen molar-refractivity contribution < 1.29 is 0 Å². The summed E-state index contributed by atoms with van der Waals surface area (Å²) in [6.45, 7) is 9.73. The first-order chi connectivity index (χ1) is 8.56. The Bertz CT molecular complexity index is 418. The molecule has 0 saturated carbocycles. The summed E-state index contributed by atoms with van der Waals surface area (Å²) in [6, 6.07) is 8.61. The molecule has 2 nitrogen and oxygen atoms in total. The Hall–Kier alpha value is -1.33. The molecule has 1 N–H and O–H groups in total. The summed E-state index contributed by atoms with van der Waals surface area (Å²) in [4.78, 5) is 0. The lowest BCUT2D eigenvalue weighted by Crippen LogP contribution is -2.27. The lowest BCUT2D eigenvalue weighted by atomic mass is 10.00. The van der Waals surface area contributed by atoms with Gasteiger partial charge in [0.1, 0.15) is 0 Å². The third-order valence-electron chi connectivity index (χ3n) is 3.57. The van der Waals surface area contributed by atoms with Gasteiger partial charge < -0.3 is 5.32 Å². The van der Waals surface area contributed by atoms with E-state index < -0.39 is 0 Å². The van der Waals surface area contributed by atoms with Crippen LogP contribution in [-0.2, 0) is 6.54 Å². The Kier molecular flexibility index (Phi) is 5.88. The second-order valence-electron chi connectivity index (χ2n) is 5.28. The zero-order valence-corrected chi connectivity index (χ0v) is 12.0. The minimum absolute atomic E-state index is 0.537. The van der Waals surface area contributed by atoms with Gasteiger partial charge in [-0.05, 0) is 49.4 Å². The fourth-order valence-electron chi connectivity index (χ4n) is 2.10. The molecular formula is C16H24N2. The summed E-state index contributed by atoms with van der Waals surface area (Å²) in [7, 11) is 0. The topological polar surface area (TPSA) is 35.8 Å². The summed E-state index contributed by atoms with van der Waals surface area (Å²) >= 11 is 0. The van der Waals surface area contributed by atoms with Crippen LogP contribution in [0.4, 0.5) is 0 Å². The zero-order valence-electron chi connectivity index (χ0n) is 12.0. The first kappa shape index (κ1) is 14.7. The molecule has 2 heteroatoms. The number of rotatable bonds is 6. The van der Waals surface area contributed by atoms with Crippen LogP contribution < -0.4 is 5.32 Å². The number of nitrogens with one attached hydrogen (secondary N) is 1. The lowest BCUT2D eigenvalue weighted by molar-refractivity contribution is 0.412. The average molecular weight is 244 g/mol. The largest absolute Gasteiger partial charge is 0.310 e. The lowest BCUT2D eigenvalue weighted by Gasteiger charge is -2.18. The number of benzene rings is 1. The van der Waals surface area contributed by atoms with E-state index in [0.29, 0.717) is 6.04 Å². The molecule has 0 heterocycles. The minimum Gasteiger partial charge on any atom is -0.310 e. The normalized spacial score (nSPS) is 13.9. The second kappa shape index (κ2) is 7.18.